The highest BCUT2D eigenvalue weighted by atomic mass is 15.1. The fourth-order valence-electron chi connectivity index (χ4n) is 2.12. The number of allylic oxidation sites excluding steroid dienone is 2. The molecule has 1 atom stereocenters. The lowest BCUT2D eigenvalue weighted by Crippen LogP contribution is -2.37. The number of rotatable bonds is 2. The van der Waals surface area contributed by atoms with Crippen molar-refractivity contribution in [2.45, 2.75) is 33.1 Å². The van der Waals surface area contributed by atoms with Gasteiger partial charge in [0.15, 0.2) is 0 Å². The molecule has 0 spiro atoms. The molecule has 2 radical (unpaired) electrons. The fourth-order valence-corrected chi connectivity index (χ4v) is 2.12. The second-order valence-electron chi connectivity index (χ2n) is 4.44. The standard InChI is InChI=1S/C11H18BN/c1-9(2)8-11(4)6-5-7-13(12)10(11)3/h1,3,5-8H2,2,4H3/t11-/m0/s1. The minimum atomic E-state index is 0.138. The van der Waals surface area contributed by atoms with Crippen LogP contribution in [0.25, 0.3) is 0 Å². The normalized spacial score (nSPS) is 29.1. The molecular formula is C11H18BN. The van der Waals surface area contributed by atoms with E-state index in [4.69, 9.17) is 7.98 Å². The molecule has 1 rings (SSSR count). The molecule has 2 heteroatoms. The topological polar surface area (TPSA) is 3.24 Å². The summed E-state index contributed by atoms with van der Waals surface area (Å²) in [5, 5.41) is 0. The molecule has 1 heterocycles. The molecule has 0 aromatic rings. The Kier molecular flexibility index (Phi) is 2.89. The van der Waals surface area contributed by atoms with Crippen molar-refractivity contribution >= 4 is 7.98 Å². The van der Waals surface area contributed by atoms with Gasteiger partial charge in [-0.2, -0.15) is 0 Å². The van der Waals surface area contributed by atoms with Crippen molar-refractivity contribution in [1.29, 1.82) is 0 Å². The van der Waals surface area contributed by atoms with Crippen molar-refractivity contribution in [2.24, 2.45) is 5.41 Å². The maximum Gasteiger partial charge on any atom is 0.226 e. The molecule has 0 saturated carbocycles. The van der Waals surface area contributed by atoms with E-state index in [-0.39, 0.29) is 5.41 Å². The molecule has 70 valence electrons. The Morgan fingerprint density at radius 3 is 2.85 bits per heavy atom. The molecule has 0 aliphatic carbocycles. The highest BCUT2D eigenvalue weighted by Gasteiger charge is 2.32. The van der Waals surface area contributed by atoms with Gasteiger partial charge in [0.1, 0.15) is 0 Å². The maximum atomic E-state index is 5.83. The molecule has 1 saturated heterocycles. The third-order valence-electron chi connectivity index (χ3n) is 2.86. The van der Waals surface area contributed by atoms with Gasteiger partial charge in [-0.3, -0.25) is 0 Å². The highest BCUT2D eigenvalue weighted by molar-refractivity contribution is 6.05. The monoisotopic (exact) mass is 175 g/mol. The van der Waals surface area contributed by atoms with Crippen LogP contribution >= 0.6 is 0 Å². The second kappa shape index (κ2) is 3.61. The zero-order chi connectivity index (χ0) is 10.1. The summed E-state index contributed by atoms with van der Waals surface area (Å²) in [5.41, 5.74) is 2.40. The third kappa shape index (κ3) is 2.17. The first-order chi connectivity index (χ1) is 5.96. The quantitative estimate of drug-likeness (QED) is 0.460. The number of nitrogens with zero attached hydrogens (tertiary/aromatic N) is 1. The van der Waals surface area contributed by atoms with Crippen LogP contribution in [0.3, 0.4) is 0 Å². The average molecular weight is 175 g/mol. The van der Waals surface area contributed by atoms with Crippen molar-refractivity contribution in [3.63, 3.8) is 0 Å². The Morgan fingerprint density at radius 2 is 2.31 bits per heavy atom. The first-order valence-electron chi connectivity index (χ1n) is 4.82. The van der Waals surface area contributed by atoms with E-state index < -0.39 is 0 Å². The largest absolute Gasteiger partial charge is 0.428 e. The molecule has 1 aliphatic heterocycles. The Morgan fingerprint density at radius 1 is 1.69 bits per heavy atom. The molecule has 0 amide bonds. The van der Waals surface area contributed by atoms with E-state index in [1.54, 1.807) is 4.81 Å². The van der Waals surface area contributed by atoms with Crippen LogP contribution in [0.4, 0.5) is 0 Å². The molecule has 1 fully saturated rings. The molecule has 1 aliphatic rings. The van der Waals surface area contributed by atoms with E-state index in [1.807, 2.05) is 0 Å². The van der Waals surface area contributed by atoms with Gasteiger partial charge in [0, 0.05) is 12.0 Å². The lowest BCUT2D eigenvalue weighted by Gasteiger charge is -2.43. The number of piperidine rings is 1. The molecule has 1 nitrogen and oxygen atoms in total. The Labute approximate surface area is 82.9 Å². The van der Waals surface area contributed by atoms with Gasteiger partial charge < -0.3 is 4.81 Å². The Balaban J connectivity index is 2.75. The Bertz CT molecular complexity index is 234. The third-order valence-corrected chi connectivity index (χ3v) is 2.86. The van der Waals surface area contributed by atoms with Crippen LogP contribution in [0.15, 0.2) is 24.4 Å². The van der Waals surface area contributed by atoms with Gasteiger partial charge in [-0.15, -0.1) is 6.58 Å². The van der Waals surface area contributed by atoms with Crippen molar-refractivity contribution in [1.82, 2.24) is 4.81 Å². The second-order valence-corrected chi connectivity index (χ2v) is 4.44. The van der Waals surface area contributed by atoms with Crippen LogP contribution in [0.5, 0.6) is 0 Å². The molecule has 0 bridgehead atoms. The zero-order valence-corrected chi connectivity index (χ0v) is 8.77. The summed E-state index contributed by atoms with van der Waals surface area (Å²) in [7, 11) is 5.83. The van der Waals surface area contributed by atoms with E-state index in [2.05, 4.69) is 27.0 Å². The number of hydrogen-bond donors (Lipinski definition) is 0. The maximum absolute atomic E-state index is 5.83. The molecule has 13 heavy (non-hydrogen) atoms. The van der Waals surface area contributed by atoms with Crippen molar-refractivity contribution < 1.29 is 0 Å². The lowest BCUT2D eigenvalue weighted by molar-refractivity contribution is 0.238. The predicted octanol–water partition coefficient (Wildman–Crippen LogP) is 2.65. The SMILES string of the molecule is [B]N1CCC[C@@](C)(CC(=C)C)C1=C. The van der Waals surface area contributed by atoms with E-state index in [9.17, 15) is 0 Å². The first-order valence-corrected chi connectivity index (χ1v) is 4.82. The molecule has 0 aromatic carbocycles. The van der Waals surface area contributed by atoms with Gasteiger partial charge in [0.05, 0.1) is 0 Å². The summed E-state index contributed by atoms with van der Waals surface area (Å²) in [6, 6.07) is 0. The van der Waals surface area contributed by atoms with Crippen molar-refractivity contribution in [2.75, 3.05) is 6.54 Å². The molecule has 0 unspecified atom stereocenters. The van der Waals surface area contributed by atoms with Crippen molar-refractivity contribution in [3.05, 3.63) is 24.4 Å². The van der Waals surface area contributed by atoms with E-state index in [1.165, 1.54) is 12.0 Å². The van der Waals surface area contributed by atoms with Crippen molar-refractivity contribution in [3.8, 4) is 0 Å². The summed E-state index contributed by atoms with van der Waals surface area (Å²) in [4.78, 5) is 1.78. The average Bonchev–Trinajstić information content (AvgIpc) is 1.99. The minimum absolute atomic E-state index is 0.138. The fraction of sp³-hybridized carbons (Fsp3) is 0.636. The summed E-state index contributed by atoms with van der Waals surface area (Å²) in [6.07, 6.45) is 3.32. The van der Waals surface area contributed by atoms with Crippen LogP contribution in [-0.2, 0) is 0 Å². The van der Waals surface area contributed by atoms with Crippen LogP contribution in [0.2, 0.25) is 0 Å². The van der Waals surface area contributed by atoms with Crippen LogP contribution in [0, 0.1) is 5.41 Å². The molecule has 0 aromatic heterocycles. The van der Waals surface area contributed by atoms with Gasteiger partial charge >= 0.3 is 0 Å². The first kappa shape index (κ1) is 10.4. The van der Waals surface area contributed by atoms with Gasteiger partial charge in [-0.25, -0.2) is 0 Å². The predicted molar refractivity (Wildman–Crippen MR) is 58.4 cm³/mol. The number of hydrogen-bond acceptors (Lipinski definition) is 1. The summed E-state index contributed by atoms with van der Waals surface area (Å²) in [5.74, 6) is 0. The van der Waals surface area contributed by atoms with Crippen LogP contribution in [-0.4, -0.2) is 19.3 Å². The van der Waals surface area contributed by atoms with Gasteiger partial charge in [-0.1, -0.05) is 19.1 Å². The van der Waals surface area contributed by atoms with Crippen LogP contribution < -0.4 is 0 Å². The van der Waals surface area contributed by atoms with Gasteiger partial charge in [-0.05, 0) is 31.9 Å². The summed E-state index contributed by atoms with van der Waals surface area (Å²) < 4.78 is 0. The molecule has 0 N–H and O–H groups in total. The van der Waals surface area contributed by atoms with Gasteiger partial charge in [0.2, 0.25) is 7.98 Å². The zero-order valence-electron chi connectivity index (χ0n) is 8.77. The van der Waals surface area contributed by atoms with E-state index in [0.717, 1.165) is 25.1 Å². The highest BCUT2D eigenvalue weighted by Crippen LogP contribution is 2.41. The van der Waals surface area contributed by atoms with Crippen LogP contribution in [0.1, 0.15) is 33.1 Å². The van der Waals surface area contributed by atoms with E-state index >= 15 is 0 Å². The molecular weight excluding hydrogens is 157 g/mol. The van der Waals surface area contributed by atoms with E-state index in [0.29, 0.717) is 0 Å². The summed E-state index contributed by atoms with van der Waals surface area (Å²) >= 11 is 0. The lowest BCUT2D eigenvalue weighted by atomic mass is 9.74. The van der Waals surface area contributed by atoms with Gasteiger partial charge in [0.25, 0.3) is 0 Å². The smallest absolute Gasteiger partial charge is 0.226 e. The minimum Gasteiger partial charge on any atom is -0.428 e. The summed E-state index contributed by atoms with van der Waals surface area (Å²) in [6.45, 7) is 13.2. The Hall–Kier alpha value is -0.655.